The van der Waals surface area contributed by atoms with E-state index in [-0.39, 0.29) is 24.4 Å². The van der Waals surface area contributed by atoms with E-state index in [1.165, 1.54) is 0 Å². The summed E-state index contributed by atoms with van der Waals surface area (Å²) in [5.74, 6) is -0.518. The molecule has 0 aromatic heterocycles. The number of fused-ring (bicyclic) bond motifs is 1. The van der Waals surface area contributed by atoms with Gasteiger partial charge in [0.15, 0.2) is 17.9 Å². The van der Waals surface area contributed by atoms with Gasteiger partial charge in [-0.3, -0.25) is 0 Å². The van der Waals surface area contributed by atoms with Gasteiger partial charge in [0.2, 0.25) is 0 Å². The Morgan fingerprint density at radius 1 is 0.963 bits per heavy atom. The molecule has 0 saturated carbocycles. The summed E-state index contributed by atoms with van der Waals surface area (Å²) in [4.78, 5) is 0. The van der Waals surface area contributed by atoms with Crippen LogP contribution < -0.4 is 4.74 Å². The van der Waals surface area contributed by atoms with E-state index in [1.807, 2.05) is 52.0 Å². The van der Waals surface area contributed by atoms with Crippen molar-refractivity contribution in [3.63, 3.8) is 0 Å². The van der Waals surface area contributed by atoms with Crippen LogP contribution in [-0.4, -0.2) is 56.0 Å². The molecule has 3 saturated heterocycles. The number of hydrogen-bond acceptors (Lipinski definition) is 7. The lowest BCUT2D eigenvalue weighted by atomic mass is 10.1. The smallest absolute Gasteiger partial charge is 0.190 e. The first kappa shape index (κ1) is 19.1. The maximum atomic E-state index is 6.26. The van der Waals surface area contributed by atoms with Crippen LogP contribution in [0.1, 0.15) is 33.3 Å². The third-order valence-electron chi connectivity index (χ3n) is 5.03. The van der Waals surface area contributed by atoms with E-state index in [4.69, 9.17) is 33.2 Å². The molecule has 0 radical (unpaired) electrons. The van der Waals surface area contributed by atoms with Crippen molar-refractivity contribution in [2.24, 2.45) is 0 Å². The fourth-order valence-corrected chi connectivity index (χ4v) is 3.78. The normalized spacial score (nSPS) is 36.7. The highest BCUT2D eigenvalue weighted by Gasteiger charge is 2.58. The second-order valence-electron chi connectivity index (χ2n) is 8.06. The van der Waals surface area contributed by atoms with Crippen LogP contribution in [0.2, 0.25) is 0 Å². The van der Waals surface area contributed by atoms with Crippen molar-refractivity contribution in [1.29, 1.82) is 0 Å². The maximum absolute atomic E-state index is 6.26. The maximum Gasteiger partial charge on any atom is 0.190 e. The molecule has 150 valence electrons. The van der Waals surface area contributed by atoms with E-state index in [9.17, 15) is 0 Å². The predicted octanol–water partition coefficient (Wildman–Crippen LogP) is 2.61. The fraction of sp³-hybridized carbons (Fsp3) is 0.700. The fourth-order valence-electron chi connectivity index (χ4n) is 3.78. The molecule has 0 spiro atoms. The second kappa shape index (κ2) is 6.99. The van der Waals surface area contributed by atoms with Crippen molar-refractivity contribution in [1.82, 2.24) is 0 Å². The summed E-state index contributed by atoms with van der Waals surface area (Å²) < 4.78 is 41.3. The van der Waals surface area contributed by atoms with Gasteiger partial charge in [0.1, 0.15) is 30.2 Å². The van der Waals surface area contributed by atoms with Gasteiger partial charge in [0.05, 0.1) is 20.3 Å². The van der Waals surface area contributed by atoms with E-state index in [2.05, 4.69) is 0 Å². The Balaban J connectivity index is 1.48. The Bertz CT molecular complexity index is 657. The SMILES string of the molecule is COc1ccc(CO[C@@H]2[C@H]3OC(C)(C)O[C@H]3O[C@@H]2C2COC(C)(C)O2)cc1. The first-order valence-electron chi connectivity index (χ1n) is 9.34. The lowest BCUT2D eigenvalue weighted by Gasteiger charge is -2.29. The van der Waals surface area contributed by atoms with Crippen molar-refractivity contribution in [2.75, 3.05) is 13.7 Å². The van der Waals surface area contributed by atoms with Crippen LogP contribution >= 0.6 is 0 Å². The summed E-state index contributed by atoms with van der Waals surface area (Å²) in [6.07, 6.45) is -1.66. The van der Waals surface area contributed by atoms with Crippen molar-refractivity contribution in [3.8, 4) is 5.75 Å². The van der Waals surface area contributed by atoms with Crippen molar-refractivity contribution >= 4 is 0 Å². The van der Waals surface area contributed by atoms with Gasteiger partial charge >= 0.3 is 0 Å². The number of rotatable bonds is 5. The molecule has 7 nitrogen and oxygen atoms in total. The topological polar surface area (TPSA) is 64.6 Å². The third-order valence-corrected chi connectivity index (χ3v) is 5.03. The number of methoxy groups -OCH3 is 1. The largest absolute Gasteiger partial charge is 0.497 e. The molecule has 0 amide bonds. The average molecular weight is 380 g/mol. The molecule has 0 aliphatic carbocycles. The number of hydrogen-bond donors (Lipinski definition) is 0. The molecule has 3 heterocycles. The summed E-state index contributed by atoms with van der Waals surface area (Å²) in [5, 5.41) is 0. The first-order chi connectivity index (χ1) is 12.8. The Morgan fingerprint density at radius 2 is 1.70 bits per heavy atom. The van der Waals surface area contributed by atoms with Crippen LogP contribution in [0.25, 0.3) is 0 Å². The van der Waals surface area contributed by atoms with E-state index < -0.39 is 17.9 Å². The van der Waals surface area contributed by atoms with E-state index >= 15 is 0 Å². The molecule has 3 fully saturated rings. The van der Waals surface area contributed by atoms with Gasteiger partial charge in [0, 0.05) is 0 Å². The third kappa shape index (κ3) is 3.99. The molecular formula is C20H28O7. The van der Waals surface area contributed by atoms with Crippen LogP contribution in [0.15, 0.2) is 24.3 Å². The standard InChI is InChI=1S/C20H28O7/c1-19(2)23-11-14(25-19)15-16(17-18(24-15)27-20(3,4)26-17)22-10-12-6-8-13(21-5)9-7-12/h6-9,14-18H,10-11H2,1-5H3/t14?,15-,16+,17-,18-/m1/s1. The molecule has 4 rings (SSSR count). The highest BCUT2D eigenvalue weighted by Crippen LogP contribution is 2.42. The molecule has 1 aromatic carbocycles. The van der Waals surface area contributed by atoms with Crippen LogP contribution in [0.4, 0.5) is 0 Å². The van der Waals surface area contributed by atoms with Gasteiger partial charge < -0.3 is 33.2 Å². The Kier molecular flexibility index (Phi) is 4.95. The lowest BCUT2D eigenvalue weighted by Crippen LogP contribution is -2.44. The molecule has 0 N–H and O–H groups in total. The quantitative estimate of drug-likeness (QED) is 0.778. The summed E-state index contributed by atoms with van der Waals surface area (Å²) >= 11 is 0. The zero-order chi connectivity index (χ0) is 19.2. The lowest BCUT2D eigenvalue weighted by molar-refractivity contribution is -0.236. The first-order valence-corrected chi connectivity index (χ1v) is 9.34. The highest BCUT2D eigenvalue weighted by atomic mass is 16.8. The second-order valence-corrected chi connectivity index (χ2v) is 8.06. The van der Waals surface area contributed by atoms with Crippen molar-refractivity contribution < 1.29 is 33.2 Å². The van der Waals surface area contributed by atoms with Crippen LogP contribution in [0.5, 0.6) is 5.75 Å². The highest BCUT2D eigenvalue weighted by molar-refractivity contribution is 5.26. The Morgan fingerprint density at radius 3 is 2.33 bits per heavy atom. The van der Waals surface area contributed by atoms with Gasteiger partial charge in [-0.05, 0) is 45.4 Å². The summed E-state index contributed by atoms with van der Waals surface area (Å²) in [6.45, 7) is 8.42. The minimum absolute atomic E-state index is 0.234. The monoisotopic (exact) mass is 380 g/mol. The van der Waals surface area contributed by atoms with Gasteiger partial charge in [-0.2, -0.15) is 0 Å². The van der Waals surface area contributed by atoms with Crippen LogP contribution in [-0.2, 0) is 35.0 Å². The van der Waals surface area contributed by atoms with Gasteiger partial charge in [0.25, 0.3) is 0 Å². The summed E-state index contributed by atoms with van der Waals surface area (Å²) in [7, 11) is 1.65. The predicted molar refractivity (Wildman–Crippen MR) is 95.2 cm³/mol. The van der Waals surface area contributed by atoms with E-state index in [0.29, 0.717) is 13.2 Å². The average Bonchev–Trinajstić information content (AvgIpc) is 3.22. The molecule has 1 aromatic rings. The molecule has 1 unspecified atom stereocenters. The molecule has 3 aliphatic rings. The Labute approximate surface area is 159 Å². The molecule has 27 heavy (non-hydrogen) atoms. The van der Waals surface area contributed by atoms with E-state index in [0.717, 1.165) is 11.3 Å². The molecule has 0 bridgehead atoms. The molecule has 3 aliphatic heterocycles. The van der Waals surface area contributed by atoms with Crippen LogP contribution in [0.3, 0.4) is 0 Å². The molecular weight excluding hydrogens is 352 g/mol. The zero-order valence-electron chi connectivity index (χ0n) is 16.5. The van der Waals surface area contributed by atoms with E-state index in [1.54, 1.807) is 7.11 Å². The summed E-state index contributed by atoms with van der Waals surface area (Å²) in [5.41, 5.74) is 1.04. The number of ether oxygens (including phenoxy) is 7. The minimum atomic E-state index is -0.700. The molecule has 5 atom stereocenters. The van der Waals surface area contributed by atoms with Gasteiger partial charge in [-0.1, -0.05) is 12.1 Å². The zero-order valence-corrected chi connectivity index (χ0v) is 16.5. The van der Waals surface area contributed by atoms with Gasteiger partial charge in [-0.15, -0.1) is 0 Å². The molecule has 7 heteroatoms. The Hall–Kier alpha value is -1.22. The van der Waals surface area contributed by atoms with Crippen LogP contribution in [0, 0.1) is 0 Å². The van der Waals surface area contributed by atoms with Crippen molar-refractivity contribution in [2.45, 2.75) is 76.6 Å². The van der Waals surface area contributed by atoms with Gasteiger partial charge in [-0.25, -0.2) is 0 Å². The number of benzene rings is 1. The van der Waals surface area contributed by atoms with Crippen molar-refractivity contribution in [3.05, 3.63) is 29.8 Å². The minimum Gasteiger partial charge on any atom is -0.497 e. The summed E-state index contributed by atoms with van der Waals surface area (Å²) in [6, 6.07) is 7.79.